The first-order chi connectivity index (χ1) is 20.0. The second kappa shape index (κ2) is 13.9. The van der Waals surface area contributed by atoms with Crippen molar-refractivity contribution >= 4 is 24.0 Å². The fourth-order valence-electron chi connectivity index (χ4n) is 5.81. The minimum absolute atomic E-state index is 0.0949. The van der Waals surface area contributed by atoms with Crippen LogP contribution in [0.25, 0.3) is 0 Å². The van der Waals surface area contributed by atoms with Crippen molar-refractivity contribution in [3.05, 3.63) is 57.9 Å². The van der Waals surface area contributed by atoms with Crippen molar-refractivity contribution in [2.24, 2.45) is 0 Å². The molecule has 42 heavy (non-hydrogen) atoms. The van der Waals surface area contributed by atoms with E-state index < -0.39 is 17.9 Å². The minimum Gasteiger partial charge on any atom is -0.490 e. The summed E-state index contributed by atoms with van der Waals surface area (Å²) >= 11 is 6.00. The van der Waals surface area contributed by atoms with Crippen LogP contribution in [0.3, 0.4) is 0 Å². The smallest absolute Gasteiger partial charge is 0.490 e. The van der Waals surface area contributed by atoms with Gasteiger partial charge in [-0.3, -0.25) is 14.5 Å². The molecule has 3 fully saturated rings. The molecule has 2 heterocycles. The van der Waals surface area contributed by atoms with Gasteiger partial charge in [-0.1, -0.05) is 18.5 Å². The molecule has 12 heteroatoms. The van der Waals surface area contributed by atoms with E-state index in [4.69, 9.17) is 26.2 Å². The molecule has 3 aliphatic rings. The number of likely N-dealkylation sites (tertiary alicyclic amines) is 2. The molecule has 0 unspecified atom stereocenters. The molecule has 0 radical (unpaired) electrons. The van der Waals surface area contributed by atoms with Gasteiger partial charge < -0.3 is 19.5 Å². The zero-order valence-corrected chi connectivity index (χ0v) is 24.1. The van der Waals surface area contributed by atoms with Crippen LogP contribution >= 0.6 is 11.6 Å². The summed E-state index contributed by atoms with van der Waals surface area (Å²) in [5.41, 5.74) is 2.18. The third-order valence-corrected chi connectivity index (χ3v) is 8.10. The van der Waals surface area contributed by atoms with E-state index >= 15 is 4.39 Å². The fourth-order valence-corrected chi connectivity index (χ4v) is 6.02. The molecule has 1 aliphatic carbocycles. The first-order valence-electron chi connectivity index (χ1n) is 14.2. The lowest BCUT2D eigenvalue weighted by molar-refractivity contribution is -0.274. The average Bonchev–Trinajstić information content (AvgIpc) is 3.60. The molecule has 5 rings (SSSR count). The van der Waals surface area contributed by atoms with Gasteiger partial charge in [0, 0.05) is 43.3 Å². The van der Waals surface area contributed by atoms with Crippen LogP contribution < -0.4 is 9.47 Å². The van der Waals surface area contributed by atoms with E-state index in [2.05, 4.69) is 16.6 Å². The van der Waals surface area contributed by atoms with Crippen LogP contribution in [-0.2, 0) is 11.3 Å². The Morgan fingerprint density at radius 3 is 2.36 bits per heavy atom. The number of carbonyl (C=O) groups is 2. The fraction of sp³-hybridized carbons (Fsp3) is 0.533. The Labute approximate surface area is 247 Å². The Morgan fingerprint density at radius 1 is 1.07 bits per heavy atom. The van der Waals surface area contributed by atoms with Crippen molar-refractivity contribution in [1.82, 2.24) is 9.80 Å². The number of hydrogen-bond acceptors (Lipinski definition) is 5. The summed E-state index contributed by atoms with van der Waals surface area (Å²) in [5.74, 6) is -0.507. The number of rotatable bonds is 8. The third kappa shape index (κ3) is 8.50. The van der Waals surface area contributed by atoms with E-state index in [1.807, 2.05) is 0 Å². The SMILES string of the molecule is CC[C@H]1C[C@@H](Oc2cc(Cl)cc(OC(F)(F)F)c2)CCN1Cc1cc(F)c(C(=O)N2CCCC2)cc1C1CC1.O=CO. The summed E-state index contributed by atoms with van der Waals surface area (Å²) in [6.45, 7) is 4.46. The quantitative estimate of drug-likeness (QED) is 0.254. The van der Waals surface area contributed by atoms with E-state index in [0.717, 1.165) is 49.3 Å². The number of nitrogens with zero attached hydrogens (tertiary/aromatic N) is 2. The van der Waals surface area contributed by atoms with Crippen molar-refractivity contribution in [3.8, 4) is 11.5 Å². The van der Waals surface area contributed by atoms with E-state index in [0.29, 0.717) is 44.9 Å². The maximum atomic E-state index is 15.2. The Morgan fingerprint density at radius 2 is 1.74 bits per heavy atom. The highest BCUT2D eigenvalue weighted by Gasteiger charge is 2.34. The summed E-state index contributed by atoms with van der Waals surface area (Å²) < 4.78 is 63.3. The van der Waals surface area contributed by atoms with Gasteiger partial charge in [-0.2, -0.15) is 0 Å². The molecular formula is C30H35ClF4N2O5. The number of alkyl halides is 3. The number of ether oxygens (including phenoxy) is 2. The van der Waals surface area contributed by atoms with Crippen molar-refractivity contribution in [2.45, 2.75) is 82.8 Å². The van der Waals surface area contributed by atoms with Gasteiger partial charge >= 0.3 is 6.36 Å². The van der Waals surface area contributed by atoms with E-state index in [1.54, 1.807) is 17.0 Å². The van der Waals surface area contributed by atoms with Gasteiger partial charge in [0.1, 0.15) is 23.4 Å². The Kier molecular flexibility index (Phi) is 10.6. The topological polar surface area (TPSA) is 79.3 Å². The van der Waals surface area contributed by atoms with Gasteiger partial charge in [0.2, 0.25) is 0 Å². The van der Waals surface area contributed by atoms with Crippen LogP contribution in [0, 0.1) is 5.82 Å². The Bertz CT molecular complexity index is 1250. The normalized spacial score (nSPS) is 21.0. The standard InChI is InChI=1S/C29H33ClF4N2O3.CH2O2/c1-2-21-14-22(38-23-12-20(30)13-24(15-23)39-29(32,33)34)7-10-36(21)17-19-11-27(31)26(16-25(19)18-5-6-18)28(37)35-8-3-4-9-35;2-1-3/h11-13,15-16,18,21-22H,2-10,14,17H2,1H3;1H,(H,2,3)/t21-,22-;/m0./s1. The number of benzene rings is 2. The molecule has 0 bridgehead atoms. The summed E-state index contributed by atoms with van der Waals surface area (Å²) in [6, 6.07) is 7.27. The average molecular weight is 615 g/mol. The van der Waals surface area contributed by atoms with Gasteiger partial charge in [0.15, 0.2) is 0 Å². The first kappa shape index (κ1) is 31.9. The van der Waals surface area contributed by atoms with Gasteiger partial charge in [-0.25, -0.2) is 4.39 Å². The predicted octanol–water partition coefficient (Wildman–Crippen LogP) is 7.01. The maximum absolute atomic E-state index is 15.2. The number of piperidine rings is 1. The number of hydrogen-bond donors (Lipinski definition) is 1. The van der Waals surface area contributed by atoms with Crippen LogP contribution in [0.5, 0.6) is 11.5 Å². The molecule has 2 aromatic rings. The van der Waals surface area contributed by atoms with E-state index in [-0.39, 0.29) is 40.9 Å². The molecule has 0 aromatic heterocycles. The minimum atomic E-state index is -4.82. The molecule has 2 aliphatic heterocycles. The van der Waals surface area contributed by atoms with Crippen molar-refractivity contribution < 1.29 is 41.7 Å². The van der Waals surface area contributed by atoms with Crippen LogP contribution in [0.4, 0.5) is 17.6 Å². The third-order valence-electron chi connectivity index (χ3n) is 7.89. The van der Waals surface area contributed by atoms with Crippen molar-refractivity contribution in [2.75, 3.05) is 19.6 Å². The molecular weight excluding hydrogens is 580 g/mol. The lowest BCUT2D eigenvalue weighted by Gasteiger charge is -2.39. The summed E-state index contributed by atoms with van der Waals surface area (Å²) in [4.78, 5) is 25.4. The predicted molar refractivity (Wildman–Crippen MR) is 148 cm³/mol. The van der Waals surface area contributed by atoms with Crippen LogP contribution in [0.2, 0.25) is 5.02 Å². The molecule has 0 spiro atoms. The van der Waals surface area contributed by atoms with E-state index in [9.17, 15) is 18.0 Å². The molecule has 7 nitrogen and oxygen atoms in total. The molecule has 1 amide bonds. The second-order valence-corrected chi connectivity index (χ2v) is 11.3. The number of carboxylic acid groups (broad SMARTS) is 1. The highest BCUT2D eigenvalue weighted by atomic mass is 35.5. The van der Waals surface area contributed by atoms with Gasteiger partial charge in [-0.05, 0) is 86.3 Å². The highest BCUT2D eigenvalue weighted by Crippen LogP contribution is 2.43. The molecule has 2 saturated heterocycles. The lowest BCUT2D eigenvalue weighted by Crippen LogP contribution is -2.45. The molecule has 1 saturated carbocycles. The number of carbonyl (C=O) groups excluding carboxylic acids is 1. The summed E-state index contributed by atoms with van der Waals surface area (Å²) in [6.07, 6.45) is 1.15. The maximum Gasteiger partial charge on any atom is 0.573 e. The van der Waals surface area contributed by atoms with Gasteiger partial charge in [0.25, 0.3) is 12.4 Å². The van der Waals surface area contributed by atoms with E-state index in [1.165, 1.54) is 12.1 Å². The van der Waals surface area contributed by atoms with Crippen LogP contribution in [0.15, 0.2) is 30.3 Å². The van der Waals surface area contributed by atoms with Crippen molar-refractivity contribution in [1.29, 1.82) is 0 Å². The van der Waals surface area contributed by atoms with Gasteiger partial charge in [-0.15, -0.1) is 13.2 Å². The van der Waals surface area contributed by atoms with Crippen molar-refractivity contribution in [3.63, 3.8) is 0 Å². The molecule has 2 atom stereocenters. The zero-order chi connectivity index (χ0) is 30.4. The number of halogens is 5. The van der Waals surface area contributed by atoms with Crippen LogP contribution in [-0.4, -0.2) is 65.4 Å². The molecule has 2 aromatic carbocycles. The Balaban J connectivity index is 0.00000129. The Hall–Kier alpha value is -3.05. The zero-order valence-electron chi connectivity index (χ0n) is 23.3. The molecule has 230 valence electrons. The van der Waals surface area contributed by atoms with Crippen LogP contribution in [0.1, 0.15) is 79.3 Å². The van der Waals surface area contributed by atoms with Gasteiger partial charge in [0.05, 0.1) is 5.56 Å². The first-order valence-corrected chi connectivity index (χ1v) is 14.6. The highest BCUT2D eigenvalue weighted by molar-refractivity contribution is 6.30. The second-order valence-electron chi connectivity index (χ2n) is 10.9. The lowest BCUT2D eigenvalue weighted by atomic mass is 9.94. The number of amides is 1. The largest absolute Gasteiger partial charge is 0.573 e. The molecule has 1 N–H and O–H groups in total. The monoisotopic (exact) mass is 614 g/mol. The summed E-state index contributed by atoms with van der Waals surface area (Å²) in [7, 11) is 0. The summed E-state index contributed by atoms with van der Waals surface area (Å²) in [5, 5.41) is 6.98.